The summed E-state index contributed by atoms with van der Waals surface area (Å²) >= 11 is 0. The van der Waals surface area contributed by atoms with Crippen LogP contribution in [-0.2, 0) is 24.5 Å². The summed E-state index contributed by atoms with van der Waals surface area (Å²) in [5.74, 6) is -1.96. The number of benzene rings is 2. The van der Waals surface area contributed by atoms with E-state index in [-0.39, 0.29) is 26.3 Å². The molecule has 3 aromatic rings. The van der Waals surface area contributed by atoms with E-state index in [1.54, 1.807) is 11.4 Å². The first-order valence-corrected chi connectivity index (χ1v) is 13.8. The van der Waals surface area contributed by atoms with E-state index < -0.39 is 42.7 Å². The van der Waals surface area contributed by atoms with E-state index >= 15 is 0 Å². The van der Waals surface area contributed by atoms with E-state index in [2.05, 4.69) is 4.98 Å². The van der Waals surface area contributed by atoms with Crippen molar-refractivity contribution in [1.29, 1.82) is 0 Å². The molecule has 1 heterocycles. The number of nitrogens with zero attached hydrogens (tertiary/aromatic N) is 1. The maximum Gasteiger partial charge on any atom is 0.471 e. The second-order valence-electron chi connectivity index (χ2n) is 8.42. The average molecular weight is 539 g/mol. The molecule has 1 aliphatic carbocycles. The molecule has 0 saturated heterocycles. The maximum absolute atomic E-state index is 13.5. The number of halogens is 3. The molecule has 190 valence electrons. The molecule has 2 aromatic carbocycles. The molecule has 0 aliphatic heterocycles. The summed E-state index contributed by atoms with van der Waals surface area (Å²) in [4.78, 5) is 14.0. The van der Waals surface area contributed by atoms with Gasteiger partial charge in [-0.3, -0.25) is 4.79 Å². The Morgan fingerprint density at radius 2 is 1.61 bits per heavy atom. The summed E-state index contributed by atoms with van der Waals surface area (Å²) in [6.07, 6.45) is -2.01. The third-order valence-corrected chi connectivity index (χ3v) is 9.47. The maximum atomic E-state index is 13.5. The van der Waals surface area contributed by atoms with Gasteiger partial charge in [0.1, 0.15) is 0 Å². The Balaban J connectivity index is 1.73. The Labute approximate surface area is 206 Å². The van der Waals surface area contributed by atoms with E-state index in [1.165, 1.54) is 55.6 Å². The normalized spacial score (nSPS) is 15.3. The third kappa shape index (κ3) is 5.14. The van der Waals surface area contributed by atoms with Crippen LogP contribution >= 0.6 is 0 Å². The van der Waals surface area contributed by atoms with Gasteiger partial charge in [-0.25, -0.2) is 21.8 Å². The van der Waals surface area contributed by atoms with Crippen molar-refractivity contribution in [2.75, 3.05) is 0 Å². The number of pyridine rings is 1. The lowest BCUT2D eigenvalue weighted by Crippen LogP contribution is -2.38. The fourth-order valence-corrected chi connectivity index (χ4v) is 6.95. The summed E-state index contributed by atoms with van der Waals surface area (Å²) in [6, 6.07) is 12.3. The van der Waals surface area contributed by atoms with Crippen molar-refractivity contribution in [3.05, 3.63) is 78.0 Å². The van der Waals surface area contributed by atoms with Crippen molar-refractivity contribution in [1.82, 2.24) is 10.3 Å². The minimum Gasteiger partial charge on any atom is -0.342 e. The molecule has 0 bridgehead atoms. The molecule has 0 radical (unpaired) electrons. The van der Waals surface area contributed by atoms with Crippen LogP contribution in [0.5, 0.6) is 0 Å². The fourth-order valence-electron chi connectivity index (χ4n) is 3.67. The lowest BCUT2D eigenvalue weighted by molar-refractivity contribution is -0.174. The zero-order chi connectivity index (χ0) is 26.3. The van der Waals surface area contributed by atoms with Crippen LogP contribution in [-0.4, -0.2) is 33.9 Å². The van der Waals surface area contributed by atoms with E-state index in [0.29, 0.717) is 5.56 Å². The van der Waals surface area contributed by atoms with Crippen molar-refractivity contribution < 1.29 is 34.8 Å². The van der Waals surface area contributed by atoms with Gasteiger partial charge in [0.05, 0.1) is 20.7 Å². The number of hydrogen-bond donors (Lipinski definition) is 1. The smallest absolute Gasteiger partial charge is 0.342 e. The highest BCUT2D eigenvalue weighted by molar-refractivity contribution is 7.94. The minimum atomic E-state index is -5.06. The Hall–Kier alpha value is -3.25. The number of sulfone groups is 2. The number of carbonyl (C=O) groups excluding carboxylic acids is 1. The molecular formula is C24H21F3N2O5S2. The average Bonchev–Trinajstić information content (AvgIpc) is 3.69. The molecule has 36 heavy (non-hydrogen) atoms. The summed E-state index contributed by atoms with van der Waals surface area (Å²) in [5.41, 5.74) is 0.949. The van der Waals surface area contributed by atoms with Crippen LogP contribution in [0.25, 0.3) is 0 Å². The second kappa shape index (κ2) is 9.32. The monoisotopic (exact) mass is 538 g/mol. The van der Waals surface area contributed by atoms with Gasteiger partial charge in [-0.1, -0.05) is 24.3 Å². The largest absolute Gasteiger partial charge is 0.471 e. The fraction of sp³-hybridized carbons (Fsp3) is 0.250. The second-order valence-corrected chi connectivity index (χ2v) is 12.2. The van der Waals surface area contributed by atoms with Crippen molar-refractivity contribution in [3.63, 3.8) is 0 Å². The van der Waals surface area contributed by atoms with Crippen LogP contribution in [0, 0.1) is 0 Å². The Kier molecular flexibility index (Phi) is 6.69. The van der Waals surface area contributed by atoms with Crippen LogP contribution in [0.3, 0.4) is 0 Å². The molecule has 4 rings (SSSR count). The number of rotatable bonds is 7. The Morgan fingerprint density at radius 1 is 0.944 bits per heavy atom. The molecule has 1 aromatic heterocycles. The van der Waals surface area contributed by atoms with Crippen molar-refractivity contribution in [2.24, 2.45) is 0 Å². The number of alkyl halides is 3. The summed E-state index contributed by atoms with van der Waals surface area (Å²) in [6.45, 7) is 1.32. The van der Waals surface area contributed by atoms with Gasteiger partial charge in [-0.05, 0) is 73.2 Å². The Morgan fingerprint density at radius 3 is 2.17 bits per heavy atom. The van der Waals surface area contributed by atoms with Crippen molar-refractivity contribution in [2.45, 2.75) is 57.6 Å². The van der Waals surface area contributed by atoms with Crippen LogP contribution in [0.2, 0.25) is 0 Å². The molecular weight excluding hydrogens is 517 g/mol. The van der Waals surface area contributed by atoms with Gasteiger partial charge in [-0.15, -0.1) is 0 Å². The highest BCUT2D eigenvalue weighted by Gasteiger charge is 2.39. The molecule has 1 unspecified atom stereocenters. The van der Waals surface area contributed by atoms with Gasteiger partial charge in [0.2, 0.25) is 19.7 Å². The zero-order valence-corrected chi connectivity index (χ0v) is 20.5. The van der Waals surface area contributed by atoms with Gasteiger partial charge in [0, 0.05) is 6.20 Å². The third-order valence-electron chi connectivity index (χ3n) is 5.80. The predicted molar refractivity (Wildman–Crippen MR) is 123 cm³/mol. The Bertz CT molecular complexity index is 1500. The van der Waals surface area contributed by atoms with Crippen molar-refractivity contribution >= 4 is 25.6 Å². The lowest BCUT2D eigenvalue weighted by atomic mass is 10.1. The summed E-state index contributed by atoms with van der Waals surface area (Å²) in [7, 11) is -8.63. The molecule has 1 fully saturated rings. The molecule has 1 saturated carbocycles. The van der Waals surface area contributed by atoms with Crippen molar-refractivity contribution in [3.8, 4) is 0 Å². The van der Waals surface area contributed by atoms with Gasteiger partial charge in [-0.2, -0.15) is 13.2 Å². The number of nitrogens with one attached hydrogen (secondary N) is 1. The van der Waals surface area contributed by atoms with Gasteiger partial charge in [0.15, 0.2) is 5.03 Å². The molecule has 1 amide bonds. The van der Waals surface area contributed by atoms with Gasteiger partial charge in [0.25, 0.3) is 0 Å². The molecule has 12 heteroatoms. The van der Waals surface area contributed by atoms with E-state index in [1.807, 2.05) is 0 Å². The number of aromatic nitrogens is 1. The molecule has 1 atom stereocenters. The number of amides is 1. The minimum absolute atomic E-state index is 0.159. The molecule has 1 aliphatic rings. The SMILES string of the molecule is CC(NC(=O)C(F)(F)F)c1ccc(S(=O)(=O)c2ccc(C3CC3)cc2S(=O)(=O)c2ccccn2)cc1. The highest BCUT2D eigenvalue weighted by atomic mass is 32.2. The van der Waals surface area contributed by atoms with Crippen LogP contribution < -0.4 is 5.32 Å². The summed E-state index contributed by atoms with van der Waals surface area (Å²) in [5, 5.41) is 1.50. The molecule has 0 spiro atoms. The lowest BCUT2D eigenvalue weighted by Gasteiger charge is -2.16. The van der Waals surface area contributed by atoms with E-state index in [0.717, 1.165) is 25.0 Å². The first-order chi connectivity index (χ1) is 16.8. The van der Waals surface area contributed by atoms with E-state index in [9.17, 15) is 34.8 Å². The van der Waals surface area contributed by atoms with E-state index in [4.69, 9.17) is 0 Å². The van der Waals surface area contributed by atoms with Crippen LogP contribution in [0.1, 0.15) is 42.9 Å². The number of carbonyl (C=O) groups is 1. The first kappa shape index (κ1) is 25.8. The highest BCUT2D eigenvalue weighted by Crippen LogP contribution is 2.42. The quantitative estimate of drug-likeness (QED) is 0.479. The molecule has 1 N–H and O–H groups in total. The van der Waals surface area contributed by atoms with Crippen LogP contribution in [0.4, 0.5) is 13.2 Å². The number of hydrogen-bond acceptors (Lipinski definition) is 6. The topological polar surface area (TPSA) is 110 Å². The molecule has 7 nitrogen and oxygen atoms in total. The standard InChI is InChI=1S/C24H21F3N2O5S2/c1-15(29-23(30)24(25,26)27)16-7-10-19(11-8-16)35(31,32)20-12-9-18(17-5-6-17)14-21(20)36(33,34)22-4-2-3-13-28-22/h2-4,7-15,17H,5-6H2,1H3,(H,29,30). The van der Waals surface area contributed by atoms with Gasteiger partial charge < -0.3 is 5.32 Å². The van der Waals surface area contributed by atoms with Crippen LogP contribution in [0.15, 0.2) is 86.6 Å². The summed E-state index contributed by atoms with van der Waals surface area (Å²) < 4.78 is 91.4. The predicted octanol–water partition coefficient (Wildman–Crippen LogP) is 4.36. The zero-order valence-electron chi connectivity index (χ0n) is 18.9. The first-order valence-electron chi connectivity index (χ1n) is 10.8. The van der Waals surface area contributed by atoms with Gasteiger partial charge >= 0.3 is 12.1 Å².